The predicted octanol–water partition coefficient (Wildman–Crippen LogP) is 2.88. The second-order valence-electron chi connectivity index (χ2n) is 3.54. The molecule has 0 fully saturated rings. The van der Waals surface area contributed by atoms with Crippen LogP contribution in [0.25, 0.3) is 0 Å². The minimum atomic E-state index is 0. The van der Waals surface area contributed by atoms with E-state index in [2.05, 4.69) is 31.3 Å². The minimum Gasteiger partial charge on any atom is -0.489 e. The highest BCUT2D eigenvalue weighted by molar-refractivity contribution is 5.85. The van der Waals surface area contributed by atoms with Crippen molar-refractivity contribution in [3.8, 4) is 5.75 Å². The third-order valence-electron chi connectivity index (χ3n) is 2.38. The number of rotatable bonds is 5. The molecule has 0 aliphatic carbocycles. The zero-order valence-corrected chi connectivity index (χ0v) is 10.9. The summed E-state index contributed by atoms with van der Waals surface area (Å²) in [4.78, 5) is 0. The van der Waals surface area contributed by atoms with Crippen molar-refractivity contribution in [1.82, 2.24) is 5.32 Å². The van der Waals surface area contributed by atoms with Crippen molar-refractivity contribution in [2.24, 2.45) is 0 Å². The molecule has 1 aromatic rings. The quantitative estimate of drug-likeness (QED) is 0.801. The van der Waals surface area contributed by atoms with Gasteiger partial charge in [0.2, 0.25) is 0 Å². The first-order valence-corrected chi connectivity index (χ1v) is 5.24. The van der Waals surface area contributed by atoms with Crippen LogP contribution in [0.2, 0.25) is 0 Å². The van der Waals surface area contributed by atoms with Gasteiger partial charge < -0.3 is 10.1 Å². The SMILES string of the molecule is CNCC=CCOc1cccc(C)c1C.Cl. The van der Waals surface area contributed by atoms with Gasteiger partial charge in [-0.05, 0) is 38.1 Å². The van der Waals surface area contributed by atoms with Crippen molar-refractivity contribution in [2.75, 3.05) is 20.2 Å². The van der Waals surface area contributed by atoms with E-state index in [1.807, 2.05) is 25.3 Å². The zero-order chi connectivity index (χ0) is 11.1. The molecule has 0 aliphatic heterocycles. The largest absolute Gasteiger partial charge is 0.489 e. The van der Waals surface area contributed by atoms with Gasteiger partial charge >= 0.3 is 0 Å². The van der Waals surface area contributed by atoms with Crippen LogP contribution < -0.4 is 10.1 Å². The Hall–Kier alpha value is -0.990. The Bertz CT molecular complexity index is 337. The maximum Gasteiger partial charge on any atom is 0.122 e. The van der Waals surface area contributed by atoms with E-state index in [1.54, 1.807) is 0 Å². The van der Waals surface area contributed by atoms with Crippen LogP contribution in [-0.4, -0.2) is 20.2 Å². The van der Waals surface area contributed by atoms with Crippen LogP contribution in [-0.2, 0) is 0 Å². The van der Waals surface area contributed by atoms with Crippen molar-refractivity contribution >= 4 is 12.4 Å². The van der Waals surface area contributed by atoms with Crippen LogP contribution in [0.1, 0.15) is 11.1 Å². The van der Waals surface area contributed by atoms with E-state index >= 15 is 0 Å². The van der Waals surface area contributed by atoms with Crippen molar-refractivity contribution in [1.29, 1.82) is 0 Å². The van der Waals surface area contributed by atoms with E-state index in [0.29, 0.717) is 6.61 Å². The normalized spacial score (nSPS) is 10.2. The zero-order valence-electron chi connectivity index (χ0n) is 10.1. The standard InChI is InChI=1S/C13H19NO.ClH/c1-11-7-6-8-13(12(11)2)15-10-5-4-9-14-3;/h4-8,14H,9-10H2,1-3H3;1H. The topological polar surface area (TPSA) is 21.3 Å². The van der Waals surface area contributed by atoms with Gasteiger partial charge in [0, 0.05) is 6.54 Å². The highest BCUT2D eigenvalue weighted by atomic mass is 35.5. The highest BCUT2D eigenvalue weighted by Crippen LogP contribution is 2.20. The summed E-state index contributed by atoms with van der Waals surface area (Å²) in [6, 6.07) is 6.13. The Kier molecular flexibility index (Phi) is 7.69. The maximum atomic E-state index is 5.65. The summed E-state index contributed by atoms with van der Waals surface area (Å²) in [6.45, 7) is 5.70. The molecule has 1 rings (SSSR count). The first-order valence-electron chi connectivity index (χ1n) is 5.24. The first-order chi connectivity index (χ1) is 7.25. The van der Waals surface area contributed by atoms with Crippen LogP contribution >= 0.6 is 12.4 Å². The lowest BCUT2D eigenvalue weighted by Gasteiger charge is -2.08. The van der Waals surface area contributed by atoms with Gasteiger partial charge in [0.05, 0.1) is 0 Å². The summed E-state index contributed by atoms with van der Waals surface area (Å²) < 4.78 is 5.65. The molecule has 0 spiro atoms. The molecule has 0 heterocycles. The molecule has 2 nitrogen and oxygen atoms in total. The molecule has 0 unspecified atom stereocenters. The number of benzene rings is 1. The molecule has 0 amide bonds. The fraction of sp³-hybridized carbons (Fsp3) is 0.385. The van der Waals surface area contributed by atoms with Crippen molar-refractivity contribution in [2.45, 2.75) is 13.8 Å². The number of likely N-dealkylation sites (N-methyl/N-ethyl adjacent to an activating group) is 1. The number of aryl methyl sites for hydroxylation is 1. The monoisotopic (exact) mass is 241 g/mol. The van der Waals surface area contributed by atoms with Crippen LogP contribution in [0.3, 0.4) is 0 Å². The van der Waals surface area contributed by atoms with Gasteiger partial charge in [-0.25, -0.2) is 0 Å². The van der Waals surface area contributed by atoms with Gasteiger partial charge in [-0.1, -0.05) is 24.3 Å². The number of hydrogen-bond donors (Lipinski definition) is 1. The molecule has 3 heteroatoms. The van der Waals surface area contributed by atoms with E-state index in [9.17, 15) is 0 Å². The van der Waals surface area contributed by atoms with Crippen LogP contribution in [0.15, 0.2) is 30.4 Å². The van der Waals surface area contributed by atoms with Crippen molar-refractivity contribution < 1.29 is 4.74 Å². The van der Waals surface area contributed by atoms with Gasteiger partial charge in [-0.3, -0.25) is 0 Å². The average molecular weight is 242 g/mol. The molecular weight excluding hydrogens is 222 g/mol. The Balaban J connectivity index is 0.00000225. The van der Waals surface area contributed by atoms with Crippen LogP contribution in [0, 0.1) is 13.8 Å². The molecular formula is C13H20ClNO. The number of ether oxygens (including phenoxy) is 1. The van der Waals surface area contributed by atoms with Crippen LogP contribution in [0.5, 0.6) is 5.75 Å². The first kappa shape index (κ1) is 15.0. The molecule has 0 aromatic heterocycles. The van der Waals surface area contributed by atoms with E-state index in [-0.39, 0.29) is 12.4 Å². The van der Waals surface area contributed by atoms with Gasteiger partial charge in [-0.2, -0.15) is 0 Å². The van der Waals surface area contributed by atoms with Gasteiger partial charge in [-0.15, -0.1) is 12.4 Å². The van der Waals surface area contributed by atoms with Gasteiger partial charge in [0.25, 0.3) is 0 Å². The summed E-state index contributed by atoms with van der Waals surface area (Å²) in [5.41, 5.74) is 2.49. The van der Waals surface area contributed by atoms with E-state index in [0.717, 1.165) is 12.3 Å². The molecule has 16 heavy (non-hydrogen) atoms. The average Bonchev–Trinajstić information content (AvgIpc) is 2.24. The lowest BCUT2D eigenvalue weighted by atomic mass is 10.1. The van der Waals surface area contributed by atoms with E-state index in [1.165, 1.54) is 11.1 Å². The maximum absolute atomic E-state index is 5.65. The third kappa shape index (κ3) is 4.69. The summed E-state index contributed by atoms with van der Waals surface area (Å²) in [7, 11) is 1.93. The molecule has 0 saturated heterocycles. The summed E-state index contributed by atoms with van der Waals surface area (Å²) in [5.74, 6) is 0.976. The van der Waals surface area contributed by atoms with Crippen molar-refractivity contribution in [3.05, 3.63) is 41.5 Å². The Morgan fingerprint density at radius 3 is 2.69 bits per heavy atom. The highest BCUT2D eigenvalue weighted by Gasteiger charge is 1.99. The molecule has 0 aliphatic rings. The molecule has 90 valence electrons. The Morgan fingerprint density at radius 2 is 2.00 bits per heavy atom. The number of nitrogens with one attached hydrogen (secondary N) is 1. The predicted molar refractivity (Wildman–Crippen MR) is 71.7 cm³/mol. The fourth-order valence-corrected chi connectivity index (χ4v) is 1.29. The molecule has 0 bridgehead atoms. The van der Waals surface area contributed by atoms with Crippen LogP contribution in [0.4, 0.5) is 0 Å². The molecule has 0 radical (unpaired) electrons. The molecule has 0 saturated carbocycles. The van der Waals surface area contributed by atoms with Gasteiger partial charge in [0.1, 0.15) is 12.4 Å². The smallest absolute Gasteiger partial charge is 0.122 e. The lowest BCUT2D eigenvalue weighted by molar-refractivity contribution is 0.359. The Morgan fingerprint density at radius 1 is 1.25 bits per heavy atom. The Labute approximate surface area is 104 Å². The summed E-state index contributed by atoms with van der Waals surface area (Å²) >= 11 is 0. The van der Waals surface area contributed by atoms with Gasteiger partial charge in [0.15, 0.2) is 0 Å². The molecule has 0 atom stereocenters. The van der Waals surface area contributed by atoms with E-state index < -0.39 is 0 Å². The second-order valence-corrected chi connectivity index (χ2v) is 3.54. The number of hydrogen-bond acceptors (Lipinski definition) is 2. The number of halogens is 1. The van der Waals surface area contributed by atoms with E-state index in [4.69, 9.17) is 4.74 Å². The third-order valence-corrected chi connectivity index (χ3v) is 2.38. The molecule has 1 N–H and O–H groups in total. The second kappa shape index (κ2) is 8.20. The summed E-state index contributed by atoms with van der Waals surface area (Å²) in [5, 5.41) is 3.04. The minimum absolute atomic E-state index is 0. The lowest BCUT2D eigenvalue weighted by Crippen LogP contribution is -2.05. The summed E-state index contributed by atoms with van der Waals surface area (Å²) in [6.07, 6.45) is 4.09. The fourth-order valence-electron chi connectivity index (χ4n) is 1.29. The van der Waals surface area contributed by atoms with Crippen molar-refractivity contribution in [3.63, 3.8) is 0 Å². The molecule has 1 aromatic carbocycles.